The van der Waals surface area contributed by atoms with Gasteiger partial charge in [-0.05, 0) is 72.5 Å². The number of hydrazone groups is 1. The number of nitrogens with zero attached hydrogens (tertiary/aromatic N) is 5. The topological polar surface area (TPSA) is 141 Å². The zero-order valence-electron chi connectivity index (χ0n) is 20.3. The molecule has 0 unspecified atom stereocenters. The highest BCUT2D eigenvalue weighted by Crippen LogP contribution is 2.27. The quantitative estimate of drug-likeness (QED) is 0.166. The van der Waals surface area contributed by atoms with E-state index in [1.54, 1.807) is 37.3 Å². The van der Waals surface area contributed by atoms with Gasteiger partial charge in [0.2, 0.25) is 11.3 Å². The minimum Gasteiger partial charge on any atom is -0.462 e. The lowest BCUT2D eigenvalue weighted by atomic mass is 10.1. The van der Waals surface area contributed by atoms with Gasteiger partial charge in [-0.1, -0.05) is 24.3 Å². The number of carbonyl (C=O) groups excluding carboxylic acids is 1. The lowest BCUT2D eigenvalue weighted by molar-refractivity contribution is 0.0526. The van der Waals surface area contributed by atoms with Gasteiger partial charge in [-0.3, -0.25) is 5.43 Å². The minimum absolute atomic E-state index is 0.246. The number of rotatable bonds is 8. The predicted octanol–water partition coefficient (Wildman–Crippen LogP) is 5.26. The Bertz CT molecular complexity index is 1590. The van der Waals surface area contributed by atoms with Crippen LogP contribution in [0.15, 0.2) is 68.7 Å². The summed E-state index contributed by atoms with van der Waals surface area (Å²) in [5, 5.41) is 15.1. The van der Waals surface area contributed by atoms with Crippen LogP contribution in [-0.4, -0.2) is 39.1 Å². The molecule has 0 aliphatic carbocycles. The zero-order valence-corrected chi connectivity index (χ0v) is 20.3. The van der Waals surface area contributed by atoms with Gasteiger partial charge in [-0.15, -0.1) is 0 Å². The van der Waals surface area contributed by atoms with E-state index in [0.717, 1.165) is 22.4 Å². The molecule has 0 radical (unpaired) electrons. The normalized spacial score (nSPS) is 11.2. The Morgan fingerprint density at radius 2 is 1.76 bits per heavy atom. The third-order valence-corrected chi connectivity index (χ3v) is 5.64. The Balaban J connectivity index is 1.33. The third-order valence-electron chi connectivity index (χ3n) is 5.64. The molecule has 0 aliphatic rings. The summed E-state index contributed by atoms with van der Waals surface area (Å²) in [6, 6.07) is 16.5. The van der Waals surface area contributed by atoms with Crippen molar-refractivity contribution < 1.29 is 18.6 Å². The van der Waals surface area contributed by atoms with Gasteiger partial charge >= 0.3 is 5.97 Å². The number of hydrogen-bond acceptors (Lipinski definition) is 11. The molecule has 0 bridgehead atoms. The van der Waals surface area contributed by atoms with Crippen molar-refractivity contribution in [2.75, 3.05) is 17.3 Å². The van der Waals surface area contributed by atoms with E-state index >= 15 is 0 Å². The van der Waals surface area contributed by atoms with Crippen molar-refractivity contribution in [2.24, 2.45) is 5.10 Å². The van der Waals surface area contributed by atoms with Gasteiger partial charge < -0.3 is 14.5 Å². The van der Waals surface area contributed by atoms with Crippen LogP contribution in [0.3, 0.4) is 0 Å². The van der Waals surface area contributed by atoms with Crippen molar-refractivity contribution in [3.8, 4) is 11.3 Å². The molecule has 2 aromatic carbocycles. The summed E-state index contributed by atoms with van der Waals surface area (Å²) in [5.74, 6) is 1.53. The maximum absolute atomic E-state index is 11.8. The molecule has 0 atom stereocenters. The first-order valence-corrected chi connectivity index (χ1v) is 11.5. The lowest BCUT2D eigenvalue weighted by Gasteiger charge is -2.12. The van der Waals surface area contributed by atoms with E-state index in [0.29, 0.717) is 35.3 Å². The van der Waals surface area contributed by atoms with Gasteiger partial charge in [0.1, 0.15) is 11.5 Å². The van der Waals surface area contributed by atoms with Crippen LogP contribution in [0.4, 0.5) is 17.3 Å². The molecule has 11 nitrogen and oxygen atoms in total. The van der Waals surface area contributed by atoms with Crippen LogP contribution in [-0.2, 0) is 4.74 Å². The summed E-state index contributed by atoms with van der Waals surface area (Å²) in [5.41, 5.74) is 7.80. The Morgan fingerprint density at radius 3 is 2.51 bits per heavy atom. The fourth-order valence-electron chi connectivity index (χ4n) is 3.54. The Kier molecular flexibility index (Phi) is 6.58. The molecule has 5 aromatic rings. The van der Waals surface area contributed by atoms with Gasteiger partial charge in [0.15, 0.2) is 11.6 Å². The molecule has 5 rings (SSSR count). The van der Waals surface area contributed by atoms with E-state index in [9.17, 15) is 4.79 Å². The Labute approximate surface area is 211 Å². The van der Waals surface area contributed by atoms with E-state index < -0.39 is 0 Å². The number of nitrogens with one attached hydrogen (secondary N) is 2. The molecule has 3 aromatic heterocycles. The molecular formula is C26H23N7O4. The van der Waals surface area contributed by atoms with Crippen molar-refractivity contribution >= 4 is 40.8 Å². The Morgan fingerprint density at radius 1 is 1.00 bits per heavy atom. The highest BCUT2D eigenvalue weighted by Gasteiger charge is 2.14. The second-order valence-corrected chi connectivity index (χ2v) is 8.07. The van der Waals surface area contributed by atoms with Crippen LogP contribution in [0.2, 0.25) is 0 Å². The molecule has 11 heteroatoms. The van der Waals surface area contributed by atoms with Gasteiger partial charge in [0.05, 0.1) is 18.4 Å². The highest BCUT2D eigenvalue weighted by atomic mass is 16.6. The minimum atomic E-state index is -0.360. The summed E-state index contributed by atoms with van der Waals surface area (Å²) in [7, 11) is 0. The lowest BCUT2D eigenvalue weighted by Crippen LogP contribution is -2.04. The maximum Gasteiger partial charge on any atom is 0.338 e. The van der Waals surface area contributed by atoms with Crippen molar-refractivity contribution in [3.63, 3.8) is 0 Å². The smallest absolute Gasteiger partial charge is 0.338 e. The number of esters is 1. The molecule has 0 saturated heterocycles. The Hall–Kier alpha value is -5.06. The first kappa shape index (κ1) is 23.7. The molecule has 0 aliphatic heterocycles. The van der Waals surface area contributed by atoms with E-state index in [2.05, 4.69) is 36.1 Å². The molecule has 37 heavy (non-hydrogen) atoms. The van der Waals surface area contributed by atoms with Gasteiger partial charge in [-0.25, -0.2) is 14.4 Å². The predicted molar refractivity (Wildman–Crippen MR) is 138 cm³/mol. The second-order valence-electron chi connectivity index (χ2n) is 8.07. The number of aryl methyl sites for hydroxylation is 1. The van der Waals surface area contributed by atoms with Crippen LogP contribution in [0.25, 0.3) is 22.6 Å². The van der Waals surface area contributed by atoms with Crippen LogP contribution in [0.1, 0.15) is 34.2 Å². The monoisotopic (exact) mass is 497 g/mol. The SMILES string of the molecule is CCOC(=O)c1ccc(-c2ccc(/C=N\Nc3nc4nonc4nc3Nc3cccc(C)c3C)o2)cc1. The molecular weight excluding hydrogens is 474 g/mol. The van der Waals surface area contributed by atoms with Gasteiger partial charge in [-0.2, -0.15) is 10.1 Å². The number of anilines is 3. The van der Waals surface area contributed by atoms with Crippen LogP contribution >= 0.6 is 0 Å². The van der Waals surface area contributed by atoms with Crippen molar-refractivity contribution in [2.45, 2.75) is 20.8 Å². The first-order valence-electron chi connectivity index (χ1n) is 11.5. The van der Waals surface area contributed by atoms with Crippen molar-refractivity contribution in [3.05, 3.63) is 77.0 Å². The molecule has 2 N–H and O–H groups in total. The summed E-state index contributed by atoms with van der Waals surface area (Å²) in [4.78, 5) is 20.7. The zero-order chi connectivity index (χ0) is 25.8. The average Bonchev–Trinajstić information content (AvgIpc) is 3.56. The number of furan rings is 1. The molecule has 0 amide bonds. The molecule has 186 valence electrons. The average molecular weight is 498 g/mol. The molecule has 3 heterocycles. The largest absolute Gasteiger partial charge is 0.462 e. The third kappa shape index (κ3) is 5.15. The summed E-state index contributed by atoms with van der Waals surface area (Å²) < 4.78 is 15.6. The van der Waals surface area contributed by atoms with Gasteiger partial charge in [0.25, 0.3) is 0 Å². The van der Waals surface area contributed by atoms with Crippen molar-refractivity contribution in [1.82, 2.24) is 20.3 Å². The fourth-order valence-corrected chi connectivity index (χ4v) is 3.54. The summed E-state index contributed by atoms with van der Waals surface area (Å²) in [6.45, 7) is 6.15. The standard InChI is InChI=1S/C26H23N7O4/c1-4-35-26(34)18-10-8-17(9-11-18)21-13-12-19(36-21)14-27-31-23-22(29-24-25(30-23)33-37-32-24)28-20-7-5-6-15(2)16(20)3/h5-14H,4H2,1-3H3,(H,28,29,32)(H,30,31,33)/b27-14-. The second kappa shape index (κ2) is 10.3. The number of hydrogen-bond donors (Lipinski definition) is 2. The number of fused-ring (bicyclic) bond motifs is 1. The molecule has 0 fully saturated rings. The number of carbonyl (C=O) groups is 1. The van der Waals surface area contributed by atoms with Gasteiger partial charge in [0, 0.05) is 11.3 Å². The van der Waals surface area contributed by atoms with Crippen LogP contribution in [0, 0.1) is 13.8 Å². The summed E-state index contributed by atoms with van der Waals surface area (Å²) >= 11 is 0. The first-order chi connectivity index (χ1) is 18.0. The maximum atomic E-state index is 11.8. The number of aromatic nitrogens is 4. The van der Waals surface area contributed by atoms with Crippen LogP contribution < -0.4 is 10.7 Å². The van der Waals surface area contributed by atoms with E-state index in [-0.39, 0.29) is 17.3 Å². The number of benzene rings is 2. The number of ether oxygens (including phenoxy) is 1. The van der Waals surface area contributed by atoms with Crippen molar-refractivity contribution in [1.29, 1.82) is 0 Å². The van der Waals surface area contributed by atoms with E-state index in [1.807, 2.05) is 38.1 Å². The molecule has 0 saturated carbocycles. The highest BCUT2D eigenvalue weighted by molar-refractivity contribution is 5.90. The fraction of sp³-hybridized carbons (Fsp3) is 0.154. The molecule has 0 spiro atoms. The summed E-state index contributed by atoms with van der Waals surface area (Å²) in [6.07, 6.45) is 1.52. The van der Waals surface area contributed by atoms with E-state index in [1.165, 1.54) is 6.21 Å². The van der Waals surface area contributed by atoms with E-state index in [4.69, 9.17) is 13.8 Å². The van der Waals surface area contributed by atoms with Crippen LogP contribution in [0.5, 0.6) is 0 Å².